The van der Waals surface area contributed by atoms with Gasteiger partial charge in [0.25, 0.3) is 5.92 Å². The zero-order chi connectivity index (χ0) is 11.0. The van der Waals surface area contributed by atoms with E-state index in [0.29, 0.717) is 0 Å². The number of nitrogens with two attached hydrogens (primary N) is 1. The van der Waals surface area contributed by atoms with Crippen LogP contribution in [-0.4, -0.2) is 20.9 Å². The summed E-state index contributed by atoms with van der Waals surface area (Å²) in [7, 11) is 0. The third kappa shape index (κ3) is 2.18. The van der Waals surface area contributed by atoms with Gasteiger partial charge in [-0.25, -0.2) is 13.5 Å². The van der Waals surface area contributed by atoms with Crippen LogP contribution in [-0.2, 0) is 6.54 Å². The summed E-state index contributed by atoms with van der Waals surface area (Å²) in [5.74, 6) is -2.53. The summed E-state index contributed by atoms with van der Waals surface area (Å²) in [4.78, 5) is 0. The highest BCUT2D eigenvalue weighted by Gasteiger charge is 2.42. The van der Waals surface area contributed by atoms with Gasteiger partial charge in [0.2, 0.25) is 0 Å². The number of nitrogens with zero attached hydrogens (tertiary/aromatic N) is 3. The smallest absolute Gasteiger partial charge is 0.252 e. The lowest BCUT2D eigenvalue weighted by molar-refractivity contribution is -0.0974. The number of nitrogen functional groups attached to an aromatic ring is 1. The van der Waals surface area contributed by atoms with E-state index in [1.807, 2.05) is 0 Å². The molecule has 1 aromatic rings. The lowest BCUT2D eigenvalue weighted by Crippen LogP contribution is -2.37. The predicted octanol–water partition coefficient (Wildman–Crippen LogP) is 1.54. The van der Waals surface area contributed by atoms with Gasteiger partial charge < -0.3 is 5.73 Å². The molecule has 0 radical (unpaired) electrons. The van der Waals surface area contributed by atoms with E-state index in [-0.39, 0.29) is 12.4 Å². The predicted molar refractivity (Wildman–Crippen MR) is 48.8 cm³/mol. The molecule has 0 unspecified atom stereocenters. The summed E-state index contributed by atoms with van der Waals surface area (Å²) >= 11 is 0. The number of halogens is 2. The molecular weight excluding hydrogens is 190 g/mol. The van der Waals surface area contributed by atoms with Crippen LogP contribution in [0.1, 0.15) is 20.8 Å². The Morgan fingerprint density at radius 1 is 1.43 bits per heavy atom. The second kappa shape index (κ2) is 3.18. The molecule has 0 spiro atoms. The molecule has 0 amide bonds. The van der Waals surface area contributed by atoms with Crippen molar-refractivity contribution in [1.82, 2.24) is 15.0 Å². The van der Waals surface area contributed by atoms with Crippen LogP contribution in [0.15, 0.2) is 6.20 Å². The first kappa shape index (κ1) is 10.9. The fraction of sp³-hybridized carbons (Fsp3) is 0.750. The number of rotatable bonds is 3. The van der Waals surface area contributed by atoms with E-state index in [4.69, 9.17) is 5.73 Å². The average Bonchev–Trinajstić information content (AvgIpc) is 2.31. The first-order valence-corrected chi connectivity index (χ1v) is 4.26. The highest BCUT2D eigenvalue weighted by molar-refractivity contribution is 5.19. The van der Waals surface area contributed by atoms with Crippen molar-refractivity contribution in [3.05, 3.63) is 6.20 Å². The summed E-state index contributed by atoms with van der Waals surface area (Å²) in [5.41, 5.74) is 4.15. The van der Waals surface area contributed by atoms with Gasteiger partial charge in [0.05, 0.1) is 12.7 Å². The normalized spacial score (nSPS) is 13.2. The molecule has 1 heterocycles. The van der Waals surface area contributed by atoms with E-state index in [1.165, 1.54) is 24.7 Å². The van der Waals surface area contributed by atoms with Crippen molar-refractivity contribution in [3.8, 4) is 0 Å². The number of hydrogen-bond donors (Lipinski definition) is 1. The van der Waals surface area contributed by atoms with Crippen LogP contribution < -0.4 is 5.73 Å². The van der Waals surface area contributed by atoms with Crippen molar-refractivity contribution in [2.45, 2.75) is 33.2 Å². The molecule has 1 rings (SSSR count). The molecule has 0 saturated carbocycles. The molecule has 0 aliphatic heterocycles. The zero-order valence-corrected chi connectivity index (χ0v) is 8.46. The Hall–Kier alpha value is -1.20. The summed E-state index contributed by atoms with van der Waals surface area (Å²) in [6, 6.07) is 0. The fourth-order valence-corrected chi connectivity index (χ4v) is 0.934. The van der Waals surface area contributed by atoms with E-state index in [1.54, 1.807) is 0 Å². The van der Waals surface area contributed by atoms with E-state index < -0.39 is 11.3 Å². The molecule has 0 aliphatic carbocycles. The maximum atomic E-state index is 13.1. The minimum absolute atomic E-state index is 0.0840. The summed E-state index contributed by atoms with van der Waals surface area (Å²) in [6.45, 7) is 3.93. The Labute approximate surface area is 81.1 Å². The Balaban J connectivity index is 2.78. The van der Waals surface area contributed by atoms with Gasteiger partial charge in [0, 0.05) is 5.41 Å². The maximum absolute atomic E-state index is 13.1. The van der Waals surface area contributed by atoms with E-state index >= 15 is 0 Å². The zero-order valence-electron chi connectivity index (χ0n) is 8.46. The molecule has 0 fully saturated rings. The van der Waals surface area contributed by atoms with Gasteiger partial charge in [-0.3, -0.25) is 0 Å². The molecular formula is C8H14F2N4. The van der Waals surface area contributed by atoms with Gasteiger partial charge in [-0.2, -0.15) is 0 Å². The monoisotopic (exact) mass is 204 g/mol. The molecule has 14 heavy (non-hydrogen) atoms. The quantitative estimate of drug-likeness (QED) is 0.812. The second-order valence-corrected chi connectivity index (χ2v) is 4.11. The van der Waals surface area contributed by atoms with Crippen LogP contribution in [0.25, 0.3) is 0 Å². The van der Waals surface area contributed by atoms with Crippen molar-refractivity contribution in [2.75, 3.05) is 5.73 Å². The largest absolute Gasteiger partial charge is 0.381 e. The van der Waals surface area contributed by atoms with Crippen molar-refractivity contribution in [1.29, 1.82) is 0 Å². The van der Waals surface area contributed by atoms with Gasteiger partial charge in [-0.1, -0.05) is 19.1 Å². The van der Waals surface area contributed by atoms with Crippen LogP contribution in [0.4, 0.5) is 14.6 Å². The van der Waals surface area contributed by atoms with Crippen molar-refractivity contribution < 1.29 is 8.78 Å². The van der Waals surface area contributed by atoms with Crippen LogP contribution in [0.5, 0.6) is 0 Å². The van der Waals surface area contributed by atoms with E-state index in [2.05, 4.69) is 10.3 Å². The Morgan fingerprint density at radius 2 is 2.00 bits per heavy atom. The van der Waals surface area contributed by atoms with Crippen LogP contribution in [0.3, 0.4) is 0 Å². The molecule has 0 aliphatic rings. The highest BCUT2D eigenvalue weighted by Crippen LogP contribution is 2.36. The Kier molecular flexibility index (Phi) is 2.47. The van der Waals surface area contributed by atoms with E-state index in [9.17, 15) is 8.78 Å². The fourth-order valence-electron chi connectivity index (χ4n) is 0.934. The van der Waals surface area contributed by atoms with Crippen molar-refractivity contribution in [2.24, 2.45) is 5.41 Å². The topological polar surface area (TPSA) is 56.7 Å². The molecule has 1 aromatic heterocycles. The highest BCUT2D eigenvalue weighted by atomic mass is 19.3. The van der Waals surface area contributed by atoms with E-state index in [0.717, 1.165) is 6.92 Å². The molecule has 2 N–H and O–H groups in total. The molecule has 80 valence electrons. The SMILES string of the molecule is CC(F)(F)C(C)(C)Cn1cc(N)nn1. The molecule has 4 nitrogen and oxygen atoms in total. The number of aromatic nitrogens is 3. The van der Waals surface area contributed by atoms with Crippen LogP contribution in [0.2, 0.25) is 0 Å². The van der Waals surface area contributed by atoms with Crippen molar-refractivity contribution >= 4 is 5.82 Å². The Bertz CT molecular complexity index is 313. The number of hydrogen-bond acceptors (Lipinski definition) is 3. The molecule has 6 heteroatoms. The molecule has 0 atom stereocenters. The molecule has 0 aromatic carbocycles. The number of anilines is 1. The van der Waals surface area contributed by atoms with Gasteiger partial charge >= 0.3 is 0 Å². The minimum Gasteiger partial charge on any atom is -0.381 e. The van der Waals surface area contributed by atoms with Crippen LogP contribution >= 0.6 is 0 Å². The summed E-state index contributed by atoms with van der Waals surface area (Å²) < 4.78 is 27.5. The second-order valence-electron chi connectivity index (χ2n) is 4.11. The average molecular weight is 204 g/mol. The third-order valence-electron chi connectivity index (χ3n) is 2.30. The Morgan fingerprint density at radius 3 is 2.36 bits per heavy atom. The van der Waals surface area contributed by atoms with Crippen molar-refractivity contribution in [3.63, 3.8) is 0 Å². The van der Waals surface area contributed by atoms with Gasteiger partial charge in [-0.15, -0.1) is 5.10 Å². The standard InChI is InChI=1S/C8H14F2N4/c1-7(2,8(3,9)10)5-14-4-6(11)12-13-14/h4H,5,11H2,1-3H3. The first-order valence-electron chi connectivity index (χ1n) is 4.26. The molecule has 0 bridgehead atoms. The maximum Gasteiger partial charge on any atom is 0.252 e. The number of alkyl halides is 2. The van der Waals surface area contributed by atoms with Gasteiger partial charge in [0.1, 0.15) is 0 Å². The van der Waals surface area contributed by atoms with Gasteiger partial charge in [0.15, 0.2) is 5.82 Å². The first-order chi connectivity index (χ1) is 6.22. The molecule has 0 saturated heterocycles. The lowest BCUT2D eigenvalue weighted by atomic mass is 9.86. The minimum atomic E-state index is -2.77. The lowest BCUT2D eigenvalue weighted by Gasteiger charge is -2.30. The third-order valence-corrected chi connectivity index (χ3v) is 2.30. The van der Waals surface area contributed by atoms with Gasteiger partial charge in [-0.05, 0) is 6.92 Å². The van der Waals surface area contributed by atoms with Crippen LogP contribution in [0, 0.1) is 5.41 Å². The summed E-state index contributed by atoms with van der Waals surface area (Å²) in [6.07, 6.45) is 1.44. The summed E-state index contributed by atoms with van der Waals surface area (Å²) in [5, 5.41) is 7.15.